The Balaban J connectivity index is 1.62. The third-order valence-electron chi connectivity index (χ3n) is 4.46. The lowest BCUT2D eigenvalue weighted by Crippen LogP contribution is -2.45. The van der Waals surface area contributed by atoms with E-state index in [4.69, 9.17) is 4.42 Å². The molecule has 1 fully saturated rings. The molecule has 2 aromatic rings. The molecule has 2 N–H and O–H groups in total. The number of nitrogens with one attached hydrogen (secondary N) is 2. The van der Waals surface area contributed by atoms with Crippen LogP contribution >= 0.6 is 0 Å². The Kier molecular flexibility index (Phi) is 5.02. The molecule has 0 unspecified atom stereocenters. The minimum absolute atomic E-state index is 0.0837. The summed E-state index contributed by atoms with van der Waals surface area (Å²) in [5.41, 5.74) is 1.40. The van der Waals surface area contributed by atoms with Crippen molar-refractivity contribution >= 4 is 17.6 Å². The van der Waals surface area contributed by atoms with E-state index in [0.717, 1.165) is 31.5 Å². The summed E-state index contributed by atoms with van der Waals surface area (Å²) in [6, 6.07) is 5.39. The molecule has 1 aliphatic rings. The lowest BCUT2D eigenvalue weighted by atomic mass is 10.0. The molecule has 1 aliphatic heterocycles. The first-order valence-electron chi connectivity index (χ1n) is 8.37. The standard InChI is InChI=1S/C18H22N4O3/c1-12-7-11-25-15(12)18(24)21-13-5-9-22(10-6-13)16-14(17(23)19-2)4-3-8-20-16/h3-4,7-8,11,13H,5-6,9-10H2,1-2H3,(H,19,23)(H,21,24). The minimum atomic E-state index is -0.176. The van der Waals surface area contributed by atoms with Crippen LogP contribution in [0.1, 0.15) is 39.3 Å². The van der Waals surface area contributed by atoms with E-state index >= 15 is 0 Å². The van der Waals surface area contributed by atoms with E-state index in [1.54, 1.807) is 31.4 Å². The monoisotopic (exact) mass is 342 g/mol. The zero-order valence-electron chi connectivity index (χ0n) is 14.4. The second kappa shape index (κ2) is 7.38. The first-order valence-corrected chi connectivity index (χ1v) is 8.37. The van der Waals surface area contributed by atoms with Gasteiger partial charge in [0.2, 0.25) is 0 Å². The van der Waals surface area contributed by atoms with Gasteiger partial charge in [0.15, 0.2) is 5.76 Å². The highest BCUT2D eigenvalue weighted by Gasteiger charge is 2.25. The van der Waals surface area contributed by atoms with Gasteiger partial charge in [-0.3, -0.25) is 9.59 Å². The van der Waals surface area contributed by atoms with Crippen molar-refractivity contribution in [3.05, 3.63) is 47.5 Å². The quantitative estimate of drug-likeness (QED) is 0.884. The predicted octanol–water partition coefficient (Wildman–Crippen LogP) is 1.74. The number of hydrogen-bond donors (Lipinski definition) is 2. The Hall–Kier alpha value is -2.83. The van der Waals surface area contributed by atoms with E-state index in [0.29, 0.717) is 17.1 Å². The van der Waals surface area contributed by atoms with Crippen LogP contribution in [0.4, 0.5) is 5.82 Å². The molecule has 1 saturated heterocycles. The summed E-state index contributed by atoms with van der Waals surface area (Å²) in [6.45, 7) is 3.30. The van der Waals surface area contributed by atoms with E-state index in [-0.39, 0.29) is 17.9 Å². The second-order valence-corrected chi connectivity index (χ2v) is 6.12. The number of nitrogens with zero attached hydrogens (tertiary/aromatic N) is 2. The number of pyridine rings is 1. The van der Waals surface area contributed by atoms with Gasteiger partial charge in [-0.15, -0.1) is 0 Å². The van der Waals surface area contributed by atoms with Gasteiger partial charge in [-0.1, -0.05) is 0 Å². The van der Waals surface area contributed by atoms with Crippen molar-refractivity contribution in [3.63, 3.8) is 0 Å². The fourth-order valence-electron chi connectivity index (χ4n) is 3.05. The van der Waals surface area contributed by atoms with Gasteiger partial charge in [0, 0.05) is 37.9 Å². The Labute approximate surface area is 146 Å². The highest BCUT2D eigenvalue weighted by Crippen LogP contribution is 2.22. The molecule has 132 valence electrons. The Morgan fingerprint density at radius 3 is 2.64 bits per heavy atom. The van der Waals surface area contributed by atoms with Crippen molar-refractivity contribution < 1.29 is 14.0 Å². The number of piperidine rings is 1. The molecule has 2 aromatic heterocycles. The second-order valence-electron chi connectivity index (χ2n) is 6.12. The van der Waals surface area contributed by atoms with E-state index < -0.39 is 0 Å². The van der Waals surface area contributed by atoms with Crippen LogP contribution < -0.4 is 15.5 Å². The van der Waals surface area contributed by atoms with Crippen molar-refractivity contribution in [1.82, 2.24) is 15.6 Å². The summed E-state index contributed by atoms with van der Waals surface area (Å²) in [5.74, 6) is 0.735. The summed E-state index contributed by atoms with van der Waals surface area (Å²) in [6.07, 6.45) is 4.79. The van der Waals surface area contributed by atoms with Crippen LogP contribution in [-0.2, 0) is 0 Å². The largest absolute Gasteiger partial charge is 0.459 e. The number of rotatable bonds is 4. The molecule has 0 aromatic carbocycles. The highest BCUT2D eigenvalue weighted by molar-refractivity contribution is 5.98. The number of aromatic nitrogens is 1. The van der Waals surface area contributed by atoms with Gasteiger partial charge in [0.1, 0.15) is 5.82 Å². The molecule has 0 spiro atoms. The van der Waals surface area contributed by atoms with Gasteiger partial charge >= 0.3 is 0 Å². The average Bonchev–Trinajstić information content (AvgIpc) is 3.08. The number of aryl methyl sites for hydroxylation is 1. The maximum absolute atomic E-state index is 12.2. The molecule has 25 heavy (non-hydrogen) atoms. The number of amides is 2. The number of furan rings is 1. The molecule has 0 saturated carbocycles. The van der Waals surface area contributed by atoms with Gasteiger partial charge in [-0.25, -0.2) is 4.98 Å². The van der Waals surface area contributed by atoms with E-state index in [9.17, 15) is 9.59 Å². The Morgan fingerprint density at radius 1 is 1.24 bits per heavy atom. The maximum Gasteiger partial charge on any atom is 0.287 e. The minimum Gasteiger partial charge on any atom is -0.459 e. The van der Waals surface area contributed by atoms with Crippen LogP contribution in [0.25, 0.3) is 0 Å². The molecule has 0 bridgehead atoms. The zero-order valence-corrected chi connectivity index (χ0v) is 14.4. The molecule has 0 aliphatic carbocycles. The van der Waals surface area contributed by atoms with Crippen LogP contribution in [-0.4, -0.2) is 43.0 Å². The van der Waals surface area contributed by atoms with Gasteiger partial charge < -0.3 is 20.0 Å². The lowest BCUT2D eigenvalue weighted by Gasteiger charge is -2.33. The van der Waals surface area contributed by atoms with Crippen molar-refractivity contribution in [2.75, 3.05) is 25.0 Å². The zero-order chi connectivity index (χ0) is 17.8. The van der Waals surface area contributed by atoms with Crippen LogP contribution in [0.3, 0.4) is 0 Å². The van der Waals surface area contributed by atoms with Gasteiger partial charge in [0.05, 0.1) is 11.8 Å². The number of carbonyl (C=O) groups is 2. The van der Waals surface area contributed by atoms with Crippen molar-refractivity contribution in [2.45, 2.75) is 25.8 Å². The van der Waals surface area contributed by atoms with Gasteiger partial charge in [-0.05, 0) is 38.0 Å². The summed E-state index contributed by atoms with van der Waals surface area (Å²) < 4.78 is 5.24. The SMILES string of the molecule is CNC(=O)c1cccnc1N1CCC(NC(=O)c2occc2C)CC1. The summed E-state index contributed by atoms with van der Waals surface area (Å²) >= 11 is 0. The topological polar surface area (TPSA) is 87.5 Å². The Morgan fingerprint density at radius 2 is 2.00 bits per heavy atom. The van der Waals surface area contributed by atoms with E-state index in [1.807, 2.05) is 6.92 Å². The molecule has 7 nitrogen and oxygen atoms in total. The third kappa shape index (κ3) is 3.65. The van der Waals surface area contributed by atoms with Crippen LogP contribution in [0.5, 0.6) is 0 Å². The number of hydrogen-bond acceptors (Lipinski definition) is 5. The molecule has 0 radical (unpaired) electrons. The molecule has 2 amide bonds. The maximum atomic E-state index is 12.2. The van der Waals surface area contributed by atoms with Crippen LogP contribution in [0.2, 0.25) is 0 Å². The lowest BCUT2D eigenvalue weighted by molar-refractivity contribution is 0.0901. The van der Waals surface area contributed by atoms with Crippen LogP contribution in [0.15, 0.2) is 35.1 Å². The smallest absolute Gasteiger partial charge is 0.287 e. The summed E-state index contributed by atoms with van der Waals surface area (Å²) in [4.78, 5) is 30.7. The molecule has 3 rings (SSSR count). The van der Waals surface area contributed by atoms with E-state index in [1.165, 1.54) is 6.26 Å². The van der Waals surface area contributed by atoms with Gasteiger partial charge in [0.25, 0.3) is 11.8 Å². The first kappa shape index (κ1) is 17.0. The molecule has 0 atom stereocenters. The summed E-state index contributed by atoms with van der Waals surface area (Å²) in [5, 5.41) is 5.67. The van der Waals surface area contributed by atoms with Crippen molar-refractivity contribution in [2.24, 2.45) is 0 Å². The molecule has 7 heteroatoms. The van der Waals surface area contributed by atoms with Crippen molar-refractivity contribution in [3.8, 4) is 0 Å². The predicted molar refractivity (Wildman–Crippen MR) is 93.8 cm³/mol. The summed E-state index contributed by atoms with van der Waals surface area (Å²) in [7, 11) is 1.61. The third-order valence-corrected chi connectivity index (χ3v) is 4.46. The number of anilines is 1. The highest BCUT2D eigenvalue weighted by atomic mass is 16.3. The Bertz CT molecular complexity index is 763. The fraction of sp³-hybridized carbons (Fsp3) is 0.389. The molecular weight excluding hydrogens is 320 g/mol. The first-order chi connectivity index (χ1) is 12.1. The normalized spacial score (nSPS) is 15.0. The fourth-order valence-corrected chi connectivity index (χ4v) is 3.05. The molecule has 3 heterocycles. The average molecular weight is 342 g/mol. The number of carbonyl (C=O) groups excluding carboxylic acids is 2. The van der Waals surface area contributed by atoms with E-state index in [2.05, 4.69) is 20.5 Å². The van der Waals surface area contributed by atoms with Crippen molar-refractivity contribution in [1.29, 1.82) is 0 Å². The molecular formula is C18H22N4O3. The van der Waals surface area contributed by atoms with Gasteiger partial charge in [-0.2, -0.15) is 0 Å². The van der Waals surface area contributed by atoms with Crippen LogP contribution in [0, 0.1) is 6.92 Å².